The first-order valence-corrected chi connectivity index (χ1v) is 9.37. The summed E-state index contributed by atoms with van der Waals surface area (Å²) in [6.07, 6.45) is 2.01. The predicted molar refractivity (Wildman–Crippen MR) is 85.6 cm³/mol. The van der Waals surface area contributed by atoms with Gasteiger partial charge in [-0.05, 0) is 31.5 Å². The highest BCUT2D eigenvalue weighted by atomic mass is 79.9. The van der Waals surface area contributed by atoms with Crippen LogP contribution in [0.1, 0.15) is 31.9 Å². The van der Waals surface area contributed by atoms with E-state index < -0.39 is 20.6 Å². The van der Waals surface area contributed by atoms with Crippen molar-refractivity contribution in [2.45, 2.75) is 31.1 Å². The van der Waals surface area contributed by atoms with Crippen molar-refractivity contribution in [1.82, 2.24) is 0 Å². The lowest BCUT2D eigenvalue weighted by Gasteiger charge is -2.31. The van der Waals surface area contributed by atoms with Crippen LogP contribution in [-0.2, 0) is 9.84 Å². The minimum absolute atomic E-state index is 0.568. The molecule has 21 heavy (non-hydrogen) atoms. The van der Waals surface area contributed by atoms with Gasteiger partial charge in [-0.3, -0.25) is 0 Å². The van der Waals surface area contributed by atoms with Crippen LogP contribution in [-0.4, -0.2) is 32.6 Å². The van der Waals surface area contributed by atoms with E-state index >= 15 is 0 Å². The van der Waals surface area contributed by atoms with Crippen LogP contribution in [0, 0.1) is 0 Å². The average molecular weight is 378 g/mol. The van der Waals surface area contributed by atoms with Crippen LogP contribution in [0.5, 0.6) is 11.5 Å². The van der Waals surface area contributed by atoms with Gasteiger partial charge in [0.25, 0.3) is 0 Å². The molecule has 0 spiro atoms. The van der Waals surface area contributed by atoms with Crippen molar-refractivity contribution in [2.75, 3.05) is 19.5 Å². The molecule has 0 saturated heterocycles. The number of hydrogen-bond acceptors (Lipinski definition) is 5. The Hall–Kier alpha value is -0.790. The molecule has 1 unspecified atom stereocenters. The number of halogens is 1. The highest BCUT2D eigenvalue weighted by Crippen LogP contribution is 2.40. The Morgan fingerprint density at radius 2 is 1.76 bits per heavy atom. The summed E-state index contributed by atoms with van der Waals surface area (Å²) in [5.74, 6) is 1.25. The van der Waals surface area contributed by atoms with Crippen molar-refractivity contribution in [3.05, 3.63) is 22.2 Å². The Bertz CT molecular complexity index is 643. The van der Waals surface area contributed by atoms with Gasteiger partial charge in [0.15, 0.2) is 21.3 Å². The molecular formula is C14H20BrNO4S. The van der Waals surface area contributed by atoms with Gasteiger partial charge in [0.1, 0.15) is 0 Å². The quantitative estimate of drug-likeness (QED) is 0.874. The van der Waals surface area contributed by atoms with Crippen LogP contribution in [0.25, 0.3) is 0 Å². The zero-order valence-corrected chi connectivity index (χ0v) is 14.8. The molecule has 0 radical (unpaired) electrons. The van der Waals surface area contributed by atoms with E-state index in [2.05, 4.69) is 15.9 Å². The molecule has 5 nitrogen and oxygen atoms in total. The second-order valence-electron chi connectivity index (χ2n) is 5.72. The van der Waals surface area contributed by atoms with Crippen molar-refractivity contribution in [3.8, 4) is 11.5 Å². The summed E-state index contributed by atoms with van der Waals surface area (Å²) in [7, 11) is -3.31. The normalized spacial score (nSPS) is 17.2. The number of fused-ring (bicyclic) bond motifs is 1. The van der Waals surface area contributed by atoms with E-state index in [1.54, 1.807) is 26.0 Å². The lowest BCUT2D eigenvalue weighted by atomic mass is 9.95. The van der Waals surface area contributed by atoms with E-state index in [4.69, 9.17) is 15.2 Å². The molecular weight excluding hydrogens is 358 g/mol. The fourth-order valence-corrected chi connectivity index (χ4v) is 3.20. The Morgan fingerprint density at radius 3 is 2.29 bits per heavy atom. The van der Waals surface area contributed by atoms with Crippen LogP contribution in [0.2, 0.25) is 0 Å². The van der Waals surface area contributed by atoms with E-state index in [0.29, 0.717) is 30.3 Å². The SMILES string of the molecule is CC(C)(C(N)c1cc2c(cc1Br)OCCCO2)S(C)(=O)=O. The summed E-state index contributed by atoms with van der Waals surface area (Å²) in [6, 6.07) is 2.87. The highest BCUT2D eigenvalue weighted by molar-refractivity contribution is 9.10. The summed E-state index contributed by atoms with van der Waals surface area (Å²) in [5.41, 5.74) is 6.92. The molecule has 0 aliphatic carbocycles. The first-order valence-electron chi connectivity index (χ1n) is 6.69. The number of nitrogens with two attached hydrogens (primary N) is 1. The van der Waals surface area contributed by atoms with E-state index in [9.17, 15) is 8.42 Å². The molecule has 118 valence electrons. The maximum atomic E-state index is 12.0. The third-order valence-electron chi connectivity index (χ3n) is 3.91. The zero-order chi connectivity index (χ0) is 15.8. The zero-order valence-electron chi connectivity index (χ0n) is 12.3. The molecule has 0 amide bonds. The molecule has 0 fully saturated rings. The van der Waals surface area contributed by atoms with Gasteiger partial charge in [-0.2, -0.15) is 0 Å². The van der Waals surface area contributed by atoms with Crippen molar-refractivity contribution < 1.29 is 17.9 Å². The molecule has 1 aromatic carbocycles. The minimum atomic E-state index is -3.31. The van der Waals surface area contributed by atoms with Crippen LogP contribution in [0.3, 0.4) is 0 Å². The van der Waals surface area contributed by atoms with Crippen LogP contribution in [0.15, 0.2) is 16.6 Å². The van der Waals surface area contributed by atoms with Gasteiger partial charge in [-0.15, -0.1) is 0 Å². The van der Waals surface area contributed by atoms with Crippen LogP contribution >= 0.6 is 15.9 Å². The maximum Gasteiger partial charge on any atom is 0.162 e. The van der Waals surface area contributed by atoms with Gasteiger partial charge >= 0.3 is 0 Å². The van der Waals surface area contributed by atoms with Gasteiger partial charge in [0, 0.05) is 17.1 Å². The fraction of sp³-hybridized carbons (Fsp3) is 0.571. The largest absolute Gasteiger partial charge is 0.490 e. The Labute approximate surface area is 133 Å². The molecule has 7 heteroatoms. The molecule has 0 bridgehead atoms. The first-order chi connectivity index (χ1) is 9.64. The van der Waals surface area contributed by atoms with Gasteiger partial charge < -0.3 is 15.2 Å². The minimum Gasteiger partial charge on any atom is -0.490 e. The Balaban J connectivity index is 2.47. The molecule has 0 saturated carbocycles. The van der Waals surface area contributed by atoms with Gasteiger partial charge in [-0.25, -0.2) is 8.42 Å². The number of ether oxygens (including phenoxy) is 2. The number of hydrogen-bond donors (Lipinski definition) is 1. The van der Waals surface area contributed by atoms with E-state index in [1.807, 2.05) is 0 Å². The summed E-state index contributed by atoms with van der Waals surface area (Å²) in [5, 5.41) is 0. The number of benzene rings is 1. The molecule has 2 N–H and O–H groups in total. The summed E-state index contributed by atoms with van der Waals surface area (Å²) in [4.78, 5) is 0. The summed E-state index contributed by atoms with van der Waals surface area (Å²) < 4.78 is 34.8. The fourth-order valence-electron chi connectivity index (χ4n) is 2.04. The standard InChI is InChI=1S/C14H20BrNO4S/c1-14(2,21(3,17)18)13(16)9-7-11-12(8-10(9)15)20-6-4-5-19-11/h7-8,13H,4-6,16H2,1-3H3. The van der Waals surface area contributed by atoms with E-state index in [1.165, 1.54) is 6.26 Å². The molecule has 2 rings (SSSR count). The average Bonchev–Trinajstić information content (AvgIpc) is 2.60. The smallest absolute Gasteiger partial charge is 0.162 e. The Kier molecular flexibility index (Phi) is 4.56. The second kappa shape index (κ2) is 5.78. The molecule has 1 aromatic rings. The maximum absolute atomic E-state index is 12.0. The Morgan fingerprint density at radius 1 is 1.24 bits per heavy atom. The van der Waals surface area contributed by atoms with Crippen molar-refractivity contribution in [3.63, 3.8) is 0 Å². The summed E-state index contributed by atoms with van der Waals surface area (Å²) >= 11 is 3.45. The topological polar surface area (TPSA) is 78.6 Å². The lowest BCUT2D eigenvalue weighted by molar-refractivity contribution is 0.297. The lowest BCUT2D eigenvalue weighted by Crippen LogP contribution is -2.42. The van der Waals surface area contributed by atoms with Gasteiger partial charge in [-0.1, -0.05) is 15.9 Å². The number of sulfone groups is 1. The predicted octanol–water partition coefficient (Wildman–Crippen LogP) is 2.43. The molecule has 1 aliphatic rings. The van der Waals surface area contributed by atoms with E-state index in [0.717, 1.165) is 10.9 Å². The van der Waals surface area contributed by atoms with E-state index in [-0.39, 0.29) is 0 Å². The van der Waals surface area contributed by atoms with Crippen LogP contribution in [0.4, 0.5) is 0 Å². The van der Waals surface area contributed by atoms with Crippen LogP contribution < -0.4 is 15.2 Å². The molecule has 1 aliphatic heterocycles. The third kappa shape index (κ3) is 3.19. The van der Waals surface area contributed by atoms with Crippen molar-refractivity contribution >= 4 is 25.8 Å². The first kappa shape index (κ1) is 16.6. The monoisotopic (exact) mass is 377 g/mol. The third-order valence-corrected chi connectivity index (χ3v) is 6.76. The molecule has 1 heterocycles. The number of rotatable bonds is 3. The second-order valence-corrected chi connectivity index (χ2v) is 9.18. The van der Waals surface area contributed by atoms with Crippen molar-refractivity contribution in [2.24, 2.45) is 5.73 Å². The summed E-state index contributed by atoms with van der Waals surface area (Å²) in [6.45, 7) is 4.42. The molecule has 0 aromatic heterocycles. The van der Waals surface area contributed by atoms with Crippen molar-refractivity contribution in [1.29, 1.82) is 0 Å². The van der Waals surface area contributed by atoms with Gasteiger partial charge in [0.05, 0.1) is 24.0 Å². The van der Waals surface area contributed by atoms with Gasteiger partial charge in [0.2, 0.25) is 0 Å². The highest BCUT2D eigenvalue weighted by Gasteiger charge is 2.39. The molecule has 1 atom stereocenters.